The van der Waals surface area contributed by atoms with Crippen LogP contribution in [0.4, 0.5) is 5.69 Å². The van der Waals surface area contributed by atoms with Crippen molar-refractivity contribution in [3.63, 3.8) is 0 Å². The van der Waals surface area contributed by atoms with Gasteiger partial charge in [0.1, 0.15) is 18.5 Å². The van der Waals surface area contributed by atoms with Crippen LogP contribution in [0.1, 0.15) is 11.1 Å². The Balaban J connectivity index is 1.03. The number of anilines is 1. The van der Waals surface area contributed by atoms with Gasteiger partial charge in [-0.05, 0) is 29.8 Å². The third-order valence-electron chi connectivity index (χ3n) is 6.82. The molecule has 4 aromatic rings. The fraction of sp³-hybridized carbons (Fsp3) is 0.276. The Kier molecular flexibility index (Phi) is 5.98. The molecule has 2 aliphatic heterocycles. The van der Waals surface area contributed by atoms with Gasteiger partial charge in [0, 0.05) is 56.2 Å². The minimum atomic E-state index is -0.570. The molecule has 0 radical (unpaired) electrons. The lowest BCUT2D eigenvalue weighted by molar-refractivity contribution is 0.0648. The SMILES string of the molecule is OC(COc1ccc2ccccc2n1)CN1CCN(c2cccc3c2Oc2ccccc2C3)CC1. The topological polar surface area (TPSA) is 58.1 Å². The maximum absolute atomic E-state index is 10.6. The Bertz CT molecular complexity index is 1330. The van der Waals surface area contributed by atoms with Crippen molar-refractivity contribution < 1.29 is 14.6 Å². The molecule has 0 aliphatic carbocycles. The highest BCUT2D eigenvalue weighted by atomic mass is 16.5. The number of aromatic nitrogens is 1. The molecule has 178 valence electrons. The molecule has 6 rings (SSSR count). The van der Waals surface area contributed by atoms with Gasteiger partial charge in [0.15, 0.2) is 5.75 Å². The molecule has 0 saturated carbocycles. The average molecular weight is 468 g/mol. The molecular formula is C29H29N3O3. The summed E-state index contributed by atoms with van der Waals surface area (Å²) in [5.74, 6) is 2.48. The first-order valence-corrected chi connectivity index (χ1v) is 12.2. The molecule has 1 atom stereocenters. The van der Waals surface area contributed by atoms with Crippen LogP contribution in [0.2, 0.25) is 0 Å². The maximum atomic E-state index is 10.6. The molecule has 1 unspecified atom stereocenters. The lowest BCUT2D eigenvalue weighted by Crippen LogP contribution is -2.49. The molecule has 3 aromatic carbocycles. The molecule has 1 aromatic heterocycles. The van der Waals surface area contributed by atoms with Crippen molar-refractivity contribution in [1.29, 1.82) is 0 Å². The number of aliphatic hydroxyl groups is 1. The molecular weight excluding hydrogens is 438 g/mol. The zero-order chi connectivity index (χ0) is 23.6. The first-order chi connectivity index (χ1) is 17.2. The Morgan fingerprint density at radius 1 is 0.857 bits per heavy atom. The van der Waals surface area contributed by atoms with E-state index in [1.165, 1.54) is 11.1 Å². The van der Waals surface area contributed by atoms with E-state index < -0.39 is 6.10 Å². The highest BCUT2D eigenvalue weighted by molar-refractivity contribution is 5.78. The van der Waals surface area contributed by atoms with Crippen LogP contribution in [0.25, 0.3) is 10.9 Å². The van der Waals surface area contributed by atoms with E-state index in [0.29, 0.717) is 12.4 Å². The van der Waals surface area contributed by atoms with Gasteiger partial charge in [-0.3, -0.25) is 4.90 Å². The van der Waals surface area contributed by atoms with Gasteiger partial charge in [-0.15, -0.1) is 0 Å². The number of aliphatic hydroxyl groups excluding tert-OH is 1. The second kappa shape index (κ2) is 9.56. The lowest BCUT2D eigenvalue weighted by Gasteiger charge is -2.38. The third-order valence-corrected chi connectivity index (χ3v) is 6.82. The largest absolute Gasteiger partial charge is 0.475 e. The van der Waals surface area contributed by atoms with Crippen LogP contribution in [-0.4, -0.2) is 60.4 Å². The van der Waals surface area contributed by atoms with Crippen LogP contribution in [-0.2, 0) is 6.42 Å². The molecule has 6 nitrogen and oxygen atoms in total. The third kappa shape index (κ3) is 4.67. The number of hydrogen-bond donors (Lipinski definition) is 1. The Labute approximate surface area is 205 Å². The quantitative estimate of drug-likeness (QED) is 0.397. The molecule has 0 spiro atoms. The standard InChI is InChI=1S/C29H29N3O3/c33-24(20-34-28-13-12-21-6-1-3-9-25(21)30-28)19-31-14-16-32(17-15-31)26-10-5-8-23-18-22-7-2-4-11-27(22)35-29(23)26/h1-13,24,33H,14-20H2. The highest BCUT2D eigenvalue weighted by Crippen LogP contribution is 2.42. The fourth-order valence-electron chi connectivity index (χ4n) is 4.97. The number of ether oxygens (including phenoxy) is 2. The van der Waals surface area contributed by atoms with Crippen LogP contribution in [0.5, 0.6) is 17.4 Å². The predicted molar refractivity (Wildman–Crippen MR) is 138 cm³/mol. The molecule has 1 N–H and O–H groups in total. The van der Waals surface area contributed by atoms with E-state index in [1.54, 1.807) is 0 Å². The molecule has 1 saturated heterocycles. The average Bonchev–Trinajstić information content (AvgIpc) is 2.91. The number of benzene rings is 3. The van der Waals surface area contributed by atoms with Crippen LogP contribution in [0.3, 0.4) is 0 Å². The zero-order valence-corrected chi connectivity index (χ0v) is 19.6. The Morgan fingerprint density at radius 3 is 2.57 bits per heavy atom. The van der Waals surface area contributed by atoms with Gasteiger partial charge < -0.3 is 19.5 Å². The van der Waals surface area contributed by atoms with Crippen molar-refractivity contribution in [1.82, 2.24) is 9.88 Å². The normalized spacial score (nSPS) is 16.3. The van der Waals surface area contributed by atoms with Crippen molar-refractivity contribution in [3.8, 4) is 17.4 Å². The van der Waals surface area contributed by atoms with Gasteiger partial charge >= 0.3 is 0 Å². The summed E-state index contributed by atoms with van der Waals surface area (Å²) in [6, 6.07) is 26.5. The number of piperazine rings is 1. The number of fused-ring (bicyclic) bond motifs is 3. The smallest absolute Gasteiger partial charge is 0.213 e. The van der Waals surface area contributed by atoms with Gasteiger partial charge in [0.2, 0.25) is 5.88 Å². The minimum absolute atomic E-state index is 0.227. The second-order valence-corrected chi connectivity index (χ2v) is 9.25. The number of β-amino-alcohol motifs (C(OH)–C–C–N with tert-alkyl or cyclic N) is 1. The molecule has 0 bridgehead atoms. The van der Waals surface area contributed by atoms with E-state index in [-0.39, 0.29) is 6.61 Å². The second-order valence-electron chi connectivity index (χ2n) is 9.25. The van der Waals surface area contributed by atoms with Gasteiger partial charge in [-0.2, -0.15) is 0 Å². The molecule has 6 heteroatoms. The van der Waals surface area contributed by atoms with Gasteiger partial charge in [-0.1, -0.05) is 48.5 Å². The summed E-state index contributed by atoms with van der Waals surface area (Å²) in [5, 5.41) is 11.7. The van der Waals surface area contributed by atoms with E-state index >= 15 is 0 Å². The molecule has 35 heavy (non-hydrogen) atoms. The Morgan fingerprint density at radius 2 is 1.66 bits per heavy atom. The predicted octanol–water partition coefficient (Wildman–Crippen LogP) is 4.49. The summed E-state index contributed by atoms with van der Waals surface area (Å²) in [5.41, 5.74) is 4.52. The van der Waals surface area contributed by atoms with E-state index in [1.807, 2.05) is 48.5 Å². The summed E-state index contributed by atoms with van der Waals surface area (Å²) in [7, 11) is 0. The van der Waals surface area contributed by atoms with E-state index in [0.717, 1.165) is 60.7 Å². The van der Waals surface area contributed by atoms with Crippen molar-refractivity contribution in [2.45, 2.75) is 12.5 Å². The number of hydrogen-bond acceptors (Lipinski definition) is 6. The summed E-state index contributed by atoms with van der Waals surface area (Å²) in [4.78, 5) is 9.21. The van der Waals surface area contributed by atoms with Crippen LogP contribution < -0.4 is 14.4 Å². The van der Waals surface area contributed by atoms with Crippen LogP contribution >= 0.6 is 0 Å². The monoisotopic (exact) mass is 467 g/mol. The van der Waals surface area contributed by atoms with Crippen molar-refractivity contribution in [3.05, 3.63) is 90.0 Å². The molecule has 3 heterocycles. The summed E-state index contributed by atoms with van der Waals surface area (Å²) in [6.45, 7) is 4.35. The minimum Gasteiger partial charge on any atom is -0.475 e. The van der Waals surface area contributed by atoms with Gasteiger partial charge in [-0.25, -0.2) is 4.98 Å². The van der Waals surface area contributed by atoms with Crippen molar-refractivity contribution >= 4 is 16.6 Å². The van der Waals surface area contributed by atoms with E-state index in [2.05, 4.69) is 45.1 Å². The van der Waals surface area contributed by atoms with Crippen molar-refractivity contribution in [2.24, 2.45) is 0 Å². The number of para-hydroxylation sites is 3. The van der Waals surface area contributed by atoms with E-state index in [9.17, 15) is 5.11 Å². The molecule has 0 amide bonds. The lowest BCUT2D eigenvalue weighted by atomic mass is 9.99. The number of pyridine rings is 1. The van der Waals surface area contributed by atoms with Gasteiger partial charge in [0.05, 0.1) is 11.2 Å². The zero-order valence-electron chi connectivity index (χ0n) is 19.6. The van der Waals surface area contributed by atoms with E-state index in [4.69, 9.17) is 9.47 Å². The Hall–Kier alpha value is -3.61. The van der Waals surface area contributed by atoms with Crippen molar-refractivity contribution in [2.75, 3.05) is 44.2 Å². The first-order valence-electron chi connectivity index (χ1n) is 12.2. The summed E-state index contributed by atoms with van der Waals surface area (Å²) >= 11 is 0. The number of nitrogens with zero attached hydrogens (tertiary/aromatic N) is 3. The van der Waals surface area contributed by atoms with Gasteiger partial charge in [0.25, 0.3) is 0 Å². The van der Waals surface area contributed by atoms with Crippen LogP contribution in [0.15, 0.2) is 78.9 Å². The summed E-state index contributed by atoms with van der Waals surface area (Å²) in [6.07, 6.45) is 0.330. The highest BCUT2D eigenvalue weighted by Gasteiger charge is 2.25. The fourth-order valence-corrected chi connectivity index (χ4v) is 4.97. The summed E-state index contributed by atoms with van der Waals surface area (Å²) < 4.78 is 12.1. The number of rotatable bonds is 6. The first kappa shape index (κ1) is 21.9. The molecule has 1 fully saturated rings. The maximum Gasteiger partial charge on any atom is 0.213 e. The molecule has 2 aliphatic rings. The van der Waals surface area contributed by atoms with Crippen LogP contribution in [0, 0.1) is 0 Å².